The van der Waals surface area contributed by atoms with Crippen LogP contribution >= 0.6 is 24.0 Å². The SMILES string of the molecule is CCCCNC(=NCc1nnc(C)n1C)NC1CCN(c2cccc(C)n2)CC1.I. The summed E-state index contributed by atoms with van der Waals surface area (Å²) in [6.45, 7) is 9.63. The Labute approximate surface area is 197 Å². The first-order valence-corrected chi connectivity index (χ1v) is 10.6. The van der Waals surface area contributed by atoms with Gasteiger partial charge in [-0.15, -0.1) is 34.2 Å². The summed E-state index contributed by atoms with van der Waals surface area (Å²) in [6, 6.07) is 6.63. The highest BCUT2D eigenvalue weighted by Gasteiger charge is 2.21. The normalized spacial score (nSPS) is 15.1. The minimum Gasteiger partial charge on any atom is -0.356 e. The van der Waals surface area contributed by atoms with Crippen LogP contribution in [-0.4, -0.2) is 51.4 Å². The van der Waals surface area contributed by atoms with Crippen molar-refractivity contribution < 1.29 is 0 Å². The molecule has 30 heavy (non-hydrogen) atoms. The number of hydrogen-bond acceptors (Lipinski definition) is 5. The molecule has 0 atom stereocenters. The van der Waals surface area contributed by atoms with Gasteiger partial charge in [0.25, 0.3) is 0 Å². The number of aromatic nitrogens is 4. The predicted molar refractivity (Wildman–Crippen MR) is 133 cm³/mol. The molecule has 0 aliphatic carbocycles. The molecule has 0 saturated carbocycles. The molecule has 0 amide bonds. The number of rotatable bonds is 7. The molecular formula is C21H35IN8. The van der Waals surface area contributed by atoms with Gasteiger partial charge in [-0.05, 0) is 45.2 Å². The minimum atomic E-state index is 0. The highest BCUT2D eigenvalue weighted by atomic mass is 127. The van der Waals surface area contributed by atoms with E-state index in [0.717, 1.165) is 74.4 Å². The summed E-state index contributed by atoms with van der Waals surface area (Å²) in [7, 11) is 1.98. The lowest BCUT2D eigenvalue weighted by molar-refractivity contribution is 0.458. The van der Waals surface area contributed by atoms with Crippen LogP contribution in [0.25, 0.3) is 0 Å². The van der Waals surface area contributed by atoms with Crippen LogP contribution in [0.2, 0.25) is 0 Å². The molecule has 0 radical (unpaired) electrons. The Morgan fingerprint density at radius 1 is 1.20 bits per heavy atom. The van der Waals surface area contributed by atoms with Crippen LogP contribution in [0.3, 0.4) is 0 Å². The molecule has 1 saturated heterocycles. The van der Waals surface area contributed by atoms with Crippen LogP contribution in [0.5, 0.6) is 0 Å². The predicted octanol–water partition coefficient (Wildman–Crippen LogP) is 2.95. The second kappa shape index (κ2) is 12.1. The third-order valence-electron chi connectivity index (χ3n) is 5.42. The fourth-order valence-corrected chi connectivity index (χ4v) is 3.43. The highest BCUT2D eigenvalue weighted by molar-refractivity contribution is 14.0. The fraction of sp³-hybridized carbons (Fsp3) is 0.619. The van der Waals surface area contributed by atoms with Crippen molar-refractivity contribution in [3.05, 3.63) is 35.5 Å². The molecule has 1 fully saturated rings. The number of hydrogen-bond donors (Lipinski definition) is 2. The Bertz CT molecular complexity index is 811. The molecule has 1 aliphatic heterocycles. The van der Waals surface area contributed by atoms with E-state index in [1.54, 1.807) is 0 Å². The Balaban J connectivity index is 0.00000320. The van der Waals surface area contributed by atoms with E-state index in [9.17, 15) is 0 Å². The van der Waals surface area contributed by atoms with Gasteiger partial charge in [0.15, 0.2) is 11.8 Å². The maximum Gasteiger partial charge on any atom is 0.191 e. The maximum absolute atomic E-state index is 4.77. The van der Waals surface area contributed by atoms with Crippen LogP contribution in [0.4, 0.5) is 5.82 Å². The summed E-state index contributed by atoms with van der Waals surface area (Å²) >= 11 is 0. The average Bonchev–Trinajstić information content (AvgIpc) is 3.04. The van der Waals surface area contributed by atoms with Crippen LogP contribution < -0.4 is 15.5 Å². The molecule has 8 nitrogen and oxygen atoms in total. The lowest BCUT2D eigenvalue weighted by Gasteiger charge is -2.34. The zero-order valence-electron chi connectivity index (χ0n) is 18.6. The number of guanidine groups is 1. The van der Waals surface area contributed by atoms with Crippen molar-refractivity contribution in [2.24, 2.45) is 12.0 Å². The lowest BCUT2D eigenvalue weighted by atomic mass is 10.1. The number of aliphatic imine (C=N–C) groups is 1. The summed E-state index contributed by atoms with van der Waals surface area (Å²) in [5.41, 5.74) is 1.07. The van der Waals surface area contributed by atoms with E-state index in [2.05, 4.69) is 49.8 Å². The smallest absolute Gasteiger partial charge is 0.191 e. The number of aryl methyl sites for hydroxylation is 2. The van der Waals surface area contributed by atoms with Gasteiger partial charge in [-0.25, -0.2) is 9.98 Å². The standard InChI is InChI=1S/C21H34N8.HI/c1-5-6-12-22-21(23-15-20-27-26-17(3)28(20)4)25-18-10-13-29(14-11-18)19-9-7-8-16(2)24-19;/h7-9,18H,5-6,10-15H2,1-4H3,(H2,22,23,25);1H. The van der Waals surface area contributed by atoms with Gasteiger partial charge in [0.1, 0.15) is 18.2 Å². The molecule has 0 aromatic carbocycles. The van der Waals surface area contributed by atoms with Crippen molar-refractivity contribution in [2.45, 2.75) is 59.0 Å². The zero-order chi connectivity index (χ0) is 20.6. The summed E-state index contributed by atoms with van der Waals surface area (Å²) in [6.07, 6.45) is 4.41. The summed E-state index contributed by atoms with van der Waals surface area (Å²) < 4.78 is 1.99. The maximum atomic E-state index is 4.77. The molecular weight excluding hydrogens is 491 g/mol. The molecule has 3 heterocycles. The molecule has 9 heteroatoms. The monoisotopic (exact) mass is 526 g/mol. The van der Waals surface area contributed by atoms with E-state index < -0.39 is 0 Å². The highest BCUT2D eigenvalue weighted by Crippen LogP contribution is 2.18. The van der Waals surface area contributed by atoms with Crippen molar-refractivity contribution in [3.63, 3.8) is 0 Å². The third-order valence-corrected chi connectivity index (χ3v) is 5.42. The third kappa shape index (κ3) is 6.82. The molecule has 1 aliphatic rings. The van der Waals surface area contributed by atoms with Crippen LogP contribution in [0, 0.1) is 13.8 Å². The molecule has 2 aromatic rings. The van der Waals surface area contributed by atoms with E-state index in [-0.39, 0.29) is 24.0 Å². The molecule has 2 aromatic heterocycles. The van der Waals surface area contributed by atoms with Crippen molar-refractivity contribution in [1.82, 2.24) is 30.4 Å². The lowest BCUT2D eigenvalue weighted by Crippen LogP contribution is -2.49. The molecule has 3 rings (SSSR count). The zero-order valence-corrected chi connectivity index (χ0v) is 20.9. The number of nitrogens with zero attached hydrogens (tertiary/aromatic N) is 6. The number of nitrogens with one attached hydrogen (secondary N) is 2. The number of anilines is 1. The van der Waals surface area contributed by atoms with Crippen molar-refractivity contribution in [3.8, 4) is 0 Å². The van der Waals surface area contributed by atoms with E-state index in [1.807, 2.05) is 31.5 Å². The second-order valence-electron chi connectivity index (χ2n) is 7.71. The molecule has 0 unspecified atom stereocenters. The van der Waals surface area contributed by atoms with Gasteiger partial charge in [-0.1, -0.05) is 19.4 Å². The number of halogens is 1. The van der Waals surface area contributed by atoms with E-state index >= 15 is 0 Å². The Kier molecular flexibility index (Phi) is 9.80. The van der Waals surface area contributed by atoms with Gasteiger partial charge in [-0.2, -0.15) is 0 Å². The molecule has 0 bridgehead atoms. The second-order valence-corrected chi connectivity index (χ2v) is 7.71. The first-order chi connectivity index (χ1) is 14.1. The number of pyridine rings is 1. The van der Waals surface area contributed by atoms with Crippen LogP contribution in [-0.2, 0) is 13.6 Å². The van der Waals surface area contributed by atoms with Gasteiger partial charge in [-0.3, -0.25) is 0 Å². The Morgan fingerprint density at radius 3 is 2.60 bits per heavy atom. The van der Waals surface area contributed by atoms with E-state index in [1.165, 1.54) is 0 Å². The number of piperidine rings is 1. The first kappa shape index (κ1) is 24.4. The van der Waals surface area contributed by atoms with Gasteiger partial charge in [0.05, 0.1) is 0 Å². The summed E-state index contributed by atoms with van der Waals surface area (Å²) in [4.78, 5) is 11.8. The Hall–Kier alpha value is -1.91. The summed E-state index contributed by atoms with van der Waals surface area (Å²) in [5, 5.41) is 15.4. The van der Waals surface area contributed by atoms with Gasteiger partial charge >= 0.3 is 0 Å². The molecule has 166 valence electrons. The number of unbranched alkanes of at least 4 members (excludes halogenated alkanes) is 1. The fourth-order valence-electron chi connectivity index (χ4n) is 3.43. The van der Waals surface area contributed by atoms with Crippen molar-refractivity contribution in [2.75, 3.05) is 24.5 Å². The Morgan fingerprint density at radius 2 is 1.97 bits per heavy atom. The van der Waals surface area contributed by atoms with Crippen LogP contribution in [0.1, 0.15) is 49.9 Å². The topological polar surface area (TPSA) is 83.3 Å². The average molecular weight is 526 g/mol. The van der Waals surface area contributed by atoms with E-state index in [0.29, 0.717) is 12.6 Å². The van der Waals surface area contributed by atoms with Crippen LogP contribution in [0.15, 0.2) is 23.2 Å². The summed E-state index contributed by atoms with van der Waals surface area (Å²) in [5.74, 6) is 3.72. The minimum absolute atomic E-state index is 0. The van der Waals surface area contributed by atoms with Crippen molar-refractivity contribution in [1.29, 1.82) is 0 Å². The van der Waals surface area contributed by atoms with E-state index in [4.69, 9.17) is 4.99 Å². The quantitative estimate of drug-likeness (QED) is 0.250. The molecule has 0 spiro atoms. The van der Waals surface area contributed by atoms with Gasteiger partial charge in [0.2, 0.25) is 0 Å². The van der Waals surface area contributed by atoms with Gasteiger partial charge < -0.3 is 20.1 Å². The largest absolute Gasteiger partial charge is 0.356 e. The van der Waals surface area contributed by atoms with Crippen molar-refractivity contribution >= 4 is 35.8 Å². The van der Waals surface area contributed by atoms with Gasteiger partial charge in [0, 0.05) is 38.4 Å². The molecule has 2 N–H and O–H groups in total. The first-order valence-electron chi connectivity index (χ1n) is 10.6.